The van der Waals surface area contributed by atoms with E-state index in [1.54, 1.807) is 42.5 Å². The first-order valence-electron chi connectivity index (χ1n) is 9.01. The van der Waals surface area contributed by atoms with Crippen LogP contribution >= 0.6 is 11.6 Å². The van der Waals surface area contributed by atoms with Gasteiger partial charge in [-0.15, -0.1) is 0 Å². The van der Waals surface area contributed by atoms with Crippen molar-refractivity contribution in [2.75, 3.05) is 18.1 Å². The Morgan fingerprint density at radius 3 is 2.31 bits per heavy atom. The Morgan fingerprint density at radius 2 is 1.69 bits per heavy atom. The largest absolute Gasteiger partial charge is 0.494 e. The van der Waals surface area contributed by atoms with Gasteiger partial charge < -0.3 is 9.47 Å². The fraction of sp³-hybridized carbons (Fsp3) is 0.190. The number of ether oxygens (including phenoxy) is 2. The van der Waals surface area contributed by atoms with Gasteiger partial charge in [-0.1, -0.05) is 17.7 Å². The monoisotopic (exact) mass is 414 g/mol. The summed E-state index contributed by atoms with van der Waals surface area (Å²) in [6.45, 7) is 4.64. The molecule has 1 aliphatic heterocycles. The van der Waals surface area contributed by atoms with Crippen molar-refractivity contribution in [3.63, 3.8) is 0 Å². The fourth-order valence-corrected chi connectivity index (χ4v) is 3.04. The zero-order chi connectivity index (χ0) is 21.0. The van der Waals surface area contributed by atoms with E-state index in [0.717, 1.165) is 4.90 Å². The maximum atomic E-state index is 12.9. The zero-order valence-corrected chi connectivity index (χ0v) is 16.7. The number of imide groups is 2. The second-order valence-corrected chi connectivity index (χ2v) is 6.41. The molecule has 4 amide bonds. The highest BCUT2D eigenvalue weighted by Crippen LogP contribution is 2.28. The van der Waals surface area contributed by atoms with Crippen LogP contribution in [0.15, 0.2) is 48.0 Å². The summed E-state index contributed by atoms with van der Waals surface area (Å²) >= 11 is 6.17. The average molecular weight is 415 g/mol. The Kier molecular flexibility index (Phi) is 6.19. The van der Waals surface area contributed by atoms with E-state index in [2.05, 4.69) is 5.32 Å². The third-order valence-corrected chi connectivity index (χ3v) is 4.37. The van der Waals surface area contributed by atoms with Crippen molar-refractivity contribution in [1.29, 1.82) is 0 Å². The molecular formula is C21H19ClN2O5. The zero-order valence-electron chi connectivity index (χ0n) is 15.9. The molecule has 0 atom stereocenters. The third-order valence-electron chi connectivity index (χ3n) is 4.07. The molecule has 1 saturated heterocycles. The lowest BCUT2D eigenvalue weighted by molar-refractivity contribution is -0.122. The van der Waals surface area contributed by atoms with E-state index < -0.39 is 17.8 Å². The van der Waals surface area contributed by atoms with Crippen molar-refractivity contribution in [1.82, 2.24) is 5.32 Å². The summed E-state index contributed by atoms with van der Waals surface area (Å²) in [5.74, 6) is -0.390. The van der Waals surface area contributed by atoms with Gasteiger partial charge in [-0.05, 0) is 61.9 Å². The molecule has 0 spiro atoms. The smallest absolute Gasteiger partial charge is 0.335 e. The quantitative estimate of drug-likeness (QED) is 0.574. The van der Waals surface area contributed by atoms with E-state index in [4.69, 9.17) is 21.1 Å². The number of halogens is 1. The number of benzene rings is 2. The normalized spacial score (nSPS) is 15.5. The molecule has 1 heterocycles. The number of amides is 4. The predicted octanol–water partition coefficient (Wildman–Crippen LogP) is 3.80. The van der Waals surface area contributed by atoms with Gasteiger partial charge in [0.15, 0.2) is 0 Å². The van der Waals surface area contributed by atoms with Crippen molar-refractivity contribution in [2.45, 2.75) is 13.8 Å². The van der Waals surface area contributed by atoms with Gasteiger partial charge in [0.2, 0.25) is 0 Å². The first-order chi connectivity index (χ1) is 13.9. The molecule has 0 unspecified atom stereocenters. The molecule has 3 rings (SSSR count). The summed E-state index contributed by atoms with van der Waals surface area (Å²) in [7, 11) is 0. The van der Waals surface area contributed by atoms with E-state index in [-0.39, 0.29) is 5.57 Å². The Morgan fingerprint density at radius 1 is 1.00 bits per heavy atom. The molecule has 0 radical (unpaired) electrons. The van der Waals surface area contributed by atoms with Crippen molar-refractivity contribution < 1.29 is 23.9 Å². The Labute approximate surface area is 172 Å². The number of carbonyl (C=O) groups excluding carboxylic acids is 3. The van der Waals surface area contributed by atoms with E-state index in [1.165, 1.54) is 6.08 Å². The number of barbiturate groups is 1. The van der Waals surface area contributed by atoms with Gasteiger partial charge in [-0.3, -0.25) is 14.9 Å². The topological polar surface area (TPSA) is 84.9 Å². The van der Waals surface area contributed by atoms with Crippen LogP contribution in [0.25, 0.3) is 6.08 Å². The van der Waals surface area contributed by atoms with Crippen LogP contribution in [0.2, 0.25) is 5.02 Å². The van der Waals surface area contributed by atoms with Crippen LogP contribution in [0.3, 0.4) is 0 Å². The molecule has 0 aliphatic carbocycles. The van der Waals surface area contributed by atoms with Crippen LogP contribution in [0.1, 0.15) is 19.4 Å². The highest BCUT2D eigenvalue weighted by Gasteiger charge is 2.36. The van der Waals surface area contributed by atoms with Gasteiger partial charge >= 0.3 is 6.03 Å². The minimum atomic E-state index is -0.814. The summed E-state index contributed by atoms with van der Waals surface area (Å²) in [4.78, 5) is 38.3. The van der Waals surface area contributed by atoms with Crippen molar-refractivity contribution in [2.24, 2.45) is 0 Å². The van der Waals surface area contributed by atoms with Crippen LogP contribution in [-0.2, 0) is 9.59 Å². The first-order valence-corrected chi connectivity index (χ1v) is 9.39. The number of hydrogen-bond donors (Lipinski definition) is 1. The minimum absolute atomic E-state index is 0.182. The Hall–Kier alpha value is -3.32. The molecule has 0 aromatic heterocycles. The molecule has 1 N–H and O–H groups in total. The molecule has 2 aromatic carbocycles. The molecule has 7 nitrogen and oxygen atoms in total. The number of nitrogens with zero attached hydrogens (tertiary/aromatic N) is 1. The summed E-state index contributed by atoms with van der Waals surface area (Å²) in [6.07, 6.45) is 1.38. The van der Waals surface area contributed by atoms with Gasteiger partial charge in [0, 0.05) is 0 Å². The number of carbonyl (C=O) groups is 3. The van der Waals surface area contributed by atoms with E-state index in [1.807, 2.05) is 13.8 Å². The molecule has 0 bridgehead atoms. The number of anilines is 1. The summed E-state index contributed by atoms with van der Waals surface area (Å²) in [5.41, 5.74) is 0.663. The summed E-state index contributed by atoms with van der Waals surface area (Å²) in [5, 5.41) is 2.54. The molecule has 8 heteroatoms. The van der Waals surface area contributed by atoms with Gasteiger partial charge in [0.05, 0.1) is 23.9 Å². The highest BCUT2D eigenvalue weighted by atomic mass is 35.5. The lowest BCUT2D eigenvalue weighted by Gasteiger charge is -2.26. The predicted molar refractivity (Wildman–Crippen MR) is 109 cm³/mol. The highest BCUT2D eigenvalue weighted by molar-refractivity contribution is 6.39. The van der Waals surface area contributed by atoms with Gasteiger partial charge in [-0.25, -0.2) is 9.69 Å². The van der Waals surface area contributed by atoms with Crippen molar-refractivity contribution >= 4 is 41.2 Å². The van der Waals surface area contributed by atoms with E-state index >= 15 is 0 Å². The minimum Gasteiger partial charge on any atom is -0.494 e. The van der Waals surface area contributed by atoms with Crippen LogP contribution < -0.4 is 19.7 Å². The molecule has 0 saturated carbocycles. The summed E-state index contributed by atoms with van der Waals surface area (Å²) in [6, 6.07) is 10.5. The lowest BCUT2D eigenvalue weighted by atomic mass is 10.1. The Bertz CT molecular complexity index is 985. The van der Waals surface area contributed by atoms with Crippen LogP contribution in [0.4, 0.5) is 10.5 Å². The average Bonchev–Trinajstić information content (AvgIpc) is 2.69. The fourth-order valence-electron chi connectivity index (χ4n) is 2.80. The van der Waals surface area contributed by atoms with Gasteiger partial charge in [0.1, 0.15) is 17.1 Å². The molecule has 2 aromatic rings. The second kappa shape index (κ2) is 8.79. The van der Waals surface area contributed by atoms with Crippen LogP contribution in [-0.4, -0.2) is 31.1 Å². The molecule has 1 fully saturated rings. The first kappa shape index (κ1) is 20.4. The SMILES string of the molecule is CCOc1ccc(N2C(=O)NC(=O)/C(=C\c3ccc(OCC)c(Cl)c3)C2=O)cc1. The molecular weight excluding hydrogens is 396 g/mol. The third kappa shape index (κ3) is 4.41. The van der Waals surface area contributed by atoms with Crippen LogP contribution in [0, 0.1) is 0 Å². The summed E-state index contributed by atoms with van der Waals surface area (Å²) < 4.78 is 10.7. The van der Waals surface area contributed by atoms with Gasteiger partial charge in [0.25, 0.3) is 11.8 Å². The second-order valence-electron chi connectivity index (χ2n) is 6.01. The van der Waals surface area contributed by atoms with E-state index in [9.17, 15) is 14.4 Å². The van der Waals surface area contributed by atoms with Gasteiger partial charge in [-0.2, -0.15) is 0 Å². The standard InChI is InChI=1S/C21H19ClN2O5/c1-3-28-15-8-6-14(7-9-15)24-20(26)16(19(25)23-21(24)27)11-13-5-10-18(29-4-2)17(22)12-13/h5-12H,3-4H2,1-2H3,(H,23,25,27)/b16-11+. The number of urea groups is 1. The molecule has 1 aliphatic rings. The number of hydrogen-bond acceptors (Lipinski definition) is 5. The van der Waals surface area contributed by atoms with Crippen molar-refractivity contribution in [3.8, 4) is 11.5 Å². The number of rotatable bonds is 6. The molecule has 29 heavy (non-hydrogen) atoms. The Balaban J connectivity index is 1.92. The van der Waals surface area contributed by atoms with Crippen molar-refractivity contribution in [3.05, 3.63) is 58.6 Å². The van der Waals surface area contributed by atoms with E-state index in [0.29, 0.717) is 41.0 Å². The maximum Gasteiger partial charge on any atom is 0.335 e. The number of nitrogens with one attached hydrogen (secondary N) is 1. The molecule has 150 valence electrons. The lowest BCUT2D eigenvalue weighted by Crippen LogP contribution is -2.54. The maximum absolute atomic E-state index is 12.9. The van der Waals surface area contributed by atoms with Crippen LogP contribution in [0.5, 0.6) is 11.5 Å².